The Kier molecular flexibility index (Phi) is 8.20. The van der Waals surface area contributed by atoms with Gasteiger partial charge < -0.3 is 19.3 Å². The van der Waals surface area contributed by atoms with Crippen LogP contribution in [0.4, 0.5) is 4.39 Å². The number of nitrogens with zero attached hydrogens (tertiary/aromatic N) is 2. The molecule has 35 heavy (non-hydrogen) atoms. The fraction of sp³-hybridized carbons (Fsp3) is 0.231. The van der Waals surface area contributed by atoms with Crippen molar-refractivity contribution in [2.24, 2.45) is 0 Å². The summed E-state index contributed by atoms with van der Waals surface area (Å²) in [5.74, 6) is -0.790. The molecule has 4 rings (SSSR count). The van der Waals surface area contributed by atoms with Crippen LogP contribution >= 0.6 is 31.9 Å². The minimum absolute atomic E-state index is 0.00754. The third-order valence-corrected chi connectivity index (χ3v) is 6.60. The molecule has 0 saturated carbocycles. The molecule has 0 aliphatic carbocycles. The van der Waals surface area contributed by atoms with Gasteiger partial charge in [0.15, 0.2) is 0 Å². The van der Waals surface area contributed by atoms with Crippen LogP contribution in [0.3, 0.4) is 0 Å². The average Bonchev–Trinajstić information content (AvgIpc) is 2.86. The highest BCUT2D eigenvalue weighted by atomic mass is 79.9. The molecular formula is C26H23Br2FN2O4. The van der Waals surface area contributed by atoms with Crippen molar-refractivity contribution in [3.63, 3.8) is 0 Å². The van der Waals surface area contributed by atoms with Crippen LogP contribution in [0, 0.1) is 5.82 Å². The van der Waals surface area contributed by atoms with Gasteiger partial charge in [0.1, 0.15) is 23.4 Å². The Hall–Kier alpha value is -2.75. The van der Waals surface area contributed by atoms with Gasteiger partial charge in [-0.15, -0.1) is 0 Å². The van der Waals surface area contributed by atoms with Crippen molar-refractivity contribution >= 4 is 43.7 Å². The first-order valence-corrected chi connectivity index (χ1v) is 12.5. The molecule has 0 N–H and O–H groups in total. The standard InChI is InChI=1S/C26H23Br2FN2O4/c1-30(15-18-14-21(29)7-10-23(18)35-22-8-5-19(27)6-9-22)25(32)26(33)31-11-12-34-24(16-31)17-3-2-4-20(28)13-17/h2-10,13-14,24H,11-12,15-16H2,1H3. The van der Waals surface area contributed by atoms with Gasteiger partial charge >= 0.3 is 11.8 Å². The SMILES string of the molecule is CN(Cc1cc(F)ccc1Oc1ccc(Br)cc1)C(=O)C(=O)N1CCOC(c2cccc(Br)c2)C1. The van der Waals surface area contributed by atoms with Crippen molar-refractivity contribution in [2.75, 3.05) is 26.7 Å². The third kappa shape index (κ3) is 6.48. The predicted molar refractivity (Wildman–Crippen MR) is 137 cm³/mol. The van der Waals surface area contributed by atoms with Gasteiger partial charge in [-0.2, -0.15) is 0 Å². The van der Waals surface area contributed by atoms with Crippen molar-refractivity contribution < 1.29 is 23.5 Å². The van der Waals surface area contributed by atoms with E-state index < -0.39 is 17.6 Å². The maximum atomic E-state index is 14.0. The summed E-state index contributed by atoms with van der Waals surface area (Å²) in [6, 6.07) is 19.0. The Bertz CT molecular complexity index is 1220. The summed E-state index contributed by atoms with van der Waals surface area (Å²) >= 11 is 6.82. The molecule has 9 heteroatoms. The normalized spacial score (nSPS) is 15.5. The number of carbonyl (C=O) groups is 2. The minimum Gasteiger partial charge on any atom is -0.457 e. The maximum Gasteiger partial charge on any atom is 0.312 e. The molecule has 1 unspecified atom stereocenters. The summed E-state index contributed by atoms with van der Waals surface area (Å²) in [6.45, 7) is 0.927. The van der Waals surface area contributed by atoms with Crippen molar-refractivity contribution in [3.8, 4) is 11.5 Å². The summed E-state index contributed by atoms with van der Waals surface area (Å²) < 4.78 is 27.6. The first-order chi connectivity index (χ1) is 16.8. The molecule has 1 aliphatic heterocycles. The quantitative estimate of drug-likeness (QED) is 0.350. The minimum atomic E-state index is -0.682. The van der Waals surface area contributed by atoms with E-state index in [9.17, 15) is 14.0 Å². The molecule has 2 amide bonds. The van der Waals surface area contributed by atoms with Crippen LogP contribution in [0.15, 0.2) is 75.7 Å². The Balaban J connectivity index is 1.44. The van der Waals surface area contributed by atoms with Crippen LogP contribution < -0.4 is 4.74 Å². The molecule has 3 aromatic carbocycles. The zero-order chi connectivity index (χ0) is 24.9. The van der Waals surface area contributed by atoms with E-state index >= 15 is 0 Å². The second kappa shape index (κ2) is 11.3. The zero-order valence-corrected chi connectivity index (χ0v) is 22.1. The smallest absolute Gasteiger partial charge is 0.312 e. The Morgan fingerprint density at radius 1 is 1.09 bits per heavy atom. The van der Waals surface area contributed by atoms with Gasteiger partial charge in [0, 0.05) is 34.6 Å². The van der Waals surface area contributed by atoms with Crippen molar-refractivity contribution in [1.82, 2.24) is 9.80 Å². The number of carbonyl (C=O) groups excluding carboxylic acids is 2. The molecule has 182 valence electrons. The van der Waals surface area contributed by atoms with E-state index in [0.717, 1.165) is 14.5 Å². The van der Waals surface area contributed by atoms with Crippen LogP contribution in [0.1, 0.15) is 17.2 Å². The topological polar surface area (TPSA) is 59.1 Å². The number of ether oxygens (including phenoxy) is 2. The second-order valence-corrected chi connectivity index (χ2v) is 9.97. The number of amides is 2. The molecule has 0 aromatic heterocycles. The van der Waals surface area contributed by atoms with Crippen molar-refractivity contribution in [1.29, 1.82) is 0 Å². The van der Waals surface area contributed by atoms with Gasteiger partial charge in [-0.05, 0) is 60.2 Å². The highest BCUT2D eigenvalue weighted by Crippen LogP contribution is 2.29. The van der Waals surface area contributed by atoms with Crippen LogP contribution in [-0.2, 0) is 20.9 Å². The molecule has 0 radical (unpaired) electrons. The molecule has 0 bridgehead atoms. The number of hydrogen-bond donors (Lipinski definition) is 0. The number of benzene rings is 3. The number of likely N-dealkylation sites (N-methyl/N-ethyl adjacent to an activating group) is 1. The lowest BCUT2D eigenvalue weighted by atomic mass is 10.1. The van der Waals surface area contributed by atoms with Gasteiger partial charge in [0.05, 0.1) is 13.2 Å². The van der Waals surface area contributed by atoms with Crippen LogP contribution in [0.5, 0.6) is 11.5 Å². The largest absolute Gasteiger partial charge is 0.457 e. The van der Waals surface area contributed by atoms with Crippen LogP contribution in [0.2, 0.25) is 0 Å². The second-order valence-electron chi connectivity index (χ2n) is 8.13. The van der Waals surface area contributed by atoms with E-state index in [1.807, 2.05) is 36.4 Å². The van der Waals surface area contributed by atoms with E-state index in [0.29, 0.717) is 30.2 Å². The van der Waals surface area contributed by atoms with E-state index in [4.69, 9.17) is 9.47 Å². The average molecular weight is 606 g/mol. The Morgan fingerprint density at radius 2 is 1.86 bits per heavy atom. The lowest BCUT2D eigenvalue weighted by Crippen LogP contribution is -2.48. The monoisotopic (exact) mass is 604 g/mol. The van der Waals surface area contributed by atoms with Crippen LogP contribution in [0.25, 0.3) is 0 Å². The molecule has 1 saturated heterocycles. The van der Waals surface area contributed by atoms with Gasteiger partial charge in [0.25, 0.3) is 0 Å². The fourth-order valence-electron chi connectivity index (χ4n) is 3.77. The first kappa shape index (κ1) is 25.3. The zero-order valence-electron chi connectivity index (χ0n) is 18.9. The molecule has 1 heterocycles. The van der Waals surface area contributed by atoms with Gasteiger partial charge in [-0.3, -0.25) is 9.59 Å². The first-order valence-electron chi connectivity index (χ1n) is 10.9. The van der Waals surface area contributed by atoms with Gasteiger partial charge in [-0.1, -0.05) is 44.0 Å². The summed E-state index contributed by atoms with van der Waals surface area (Å²) in [6.07, 6.45) is -0.322. The highest BCUT2D eigenvalue weighted by molar-refractivity contribution is 9.10. The number of halogens is 3. The fourth-order valence-corrected chi connectivity index (χ4v) is 4.45. The lowest BCUT2D eigenvalue weighted by Gasteiger charge is -2.33. The number of morpholine rings is 1. The maximum absolute atomic E-state index is 14.0. The number of rotatable bonds is 5. The van der Waals surface area contributed by atoms with Crippen molar-refractivity contribution in [3.05, 3.63) is 92.6 Å². The molecule has 6 nitrogen and oxygen atoms in total. The molecule has 3 aromatic rings. The molecule has 1 aliphatic rings. The summed E-state index contributed by atoms with van der Waals surface area (Å²) in [7, 11) is 1.51. The van der Waals surface area contributed by atoms with E-state index in [1.165, 1.54) is 35.0 Å². The third-order valence-electron chi connectivity index (χ3n) is 5.58. The summed E-state index contributed by atoms with van der Waals surface area (Å²) in [5.41, 5.74) is 1.37. The molecular weight excluding hydrogens is 583 g/mol. The lowest BCUT2D eigenvalue weighted by molar-refractivity contribution is -0.155. The van der Waals surface area contributed by atoms with E-state index in [1.54, 1.807) is 12.1 Å². The summed E-state index contributed by atoms with van der Waals surface area (Å²) in [5, 5.41) is 0. The predicted octanol–water partition coefficient (Wildman–Crippen LogP) is 5.70. The van der Waals surface area contributed by atoms with Gasteiger partial charge in [-0.25, -0.2) is 4.39 Å². The van der Waals surface area contributed by atoms with Crippen LogP contribution in [-0.4, -0.2) is 48.4 Å². The Morgan fingerprint density at radius 3 is 2.60 bits per heavy atom. The molecule has 1 fully saturated rings. The molecule has 0 spiro atoms. The summed E-state index contributed by atoms with van der Waals surface area (Å²) in [4.78, 5) is 28.8. The van der Waals surface area contributed by atoms with E-state index in [-0.39, 0.29) is 19.2 Å². The van der Waals surface area contributed by atoms with E-state index in [2.05, 4.69) is 31.9 Å². The Labute approximate surface area is 219 Å². The number of hydrogen-bond acceptors (Lipinski definition) is 4. The molecule has 1 atom stereocenters. The van der Waals surface area contributed by atoms with Crippen molar-refractivity contribution in [2.45, 2.75) is 12.6 Å². The van der Waals surface area contributed by atoms with Gasteiger partial charge in [0.2, 0.25) is 0 Å². The highest BCUT2D eigenvalue weighted by Gasteiger charge is 2.31.